The summed E-state index contributed by atoms with van der Waals surface area (Å²) in [6.45, 7) is 7.12. The zero-order valence-corrected chi connectivity index (χ0v) is 20.7. The third-order valence-corrected chi connectivity index (χ3v) is 8.58. The van der Waals surface area contributed by atoms with Crippen molar-refractivity contribution in [3.05, 3.63) is 60.3 Å². The fourth-order valence-electron chi connectivity index (χ4n) is 6.45. The fraction of sp³-hybridized carbons (Fsp3) is 0.433. The number of likely N-dealkylation sites (tertiary alicyclic amines) is 2. The number of fused-ring (bicyclic) bond motifs is 4. The van der Waals surface area contributed by atoms with Gasteiger partial charge in [0, 0.05) is 54.1 Å². The first-order valence-corrected chi connectivity index (χ1v) is 13.6. The van der Waals surface area contributed by atoms with Gasteiger partial charge < -0.3 is 24.5 Å². The number of nitrogens with zero attached hydrogens (tertiary/aromatic N) is 2. The Morgan fingerprint density at radius 3 is 2.44 bits per heavy atom. The molecule has 1 amide bonds. The Balaban J connectivity index is 0.988. The largest absolute Gasteiger partial charge is 0.455 e. The number of aromatic amines is 1. The molecule has 3 fully saturated rings. The van der Waals surface area contributed by atoms with Crippen molar-refractivity contribution in [2.45, 2.75) is 31.7 Å². The van der Waals surface area contributed by atoms with Gasteiger partial charge >= 0.3 is 0 Å². The molecule has 2 aromatic carbocycles. The van der Waals surface area contributed by atoms with Crippen LogP contribution in [0.2, 0.25) is 0 Å². The van der Waals surface area contributed by atoms with Gasteiger partial charge in [-0.3, -0.25) is 4.79 Å². The van der Waals surface area contributed by atoms with Crippen LogP contribution < -0.4 is 5.32 Å². The van der Waals surface area contributed by atoms with Crippen LogP contribution >= 0.6 is 0 Å². The van der Waals surface area contributed by atoms with Gasteiger partial charge in [-0.25, -0.2) is 0 Å². The normalized spacial score (nSPS) is 24.7. The average Bonchev–Trinajstić information content (AvgIpc) is 3.26. The maximum atomic E-state index is 13.1. The predicted molar refractivity (Wildman–Crippen MR) is 143 cm³/mol. The number of hydrogen-bond acceptors (Lipinski definition) is 4. The van der Waals surface area contributed by atoms with Gasteiger partial charge in [0.1, 0.15) is 17.0 Å². The molecule has 1 unspecified atom stereocenters. The van der Waals surface area contributed by atoms with E-state index >= 15 is 0 Å². The molecule has 3 atom stereocenters. The first-order chi connectivity index (χ1) is 17.7. The molecule has 36 heavy (non-hydrogen) atoms. The maximum Gasteiger partial charge on any atom is 0.267 e. The van der Waals surface area contributed by atoms with Crippen molar-refractivity contribution in [1.82, 2.24) is 20.1 Å². The van der Waals surface area contributed by atoms with Crippen molar-refractivity contribution in [3.8, 4) is 11.3 Å². The second-order valence-electron chi connectivity index (χ2n) is 10.9. The Bertz CT molecular complexity index is 1370. The Labute approximate surface area is 211 Å². The number of aromatic nitrogens is 1. The van der Waals surface area contributed by atoms with Crippen molar-refractivity contribution in [2.24, 2.45) is 11.8 Å². The van der Waals surface area contributed by atoms with E-state index in [1.807, 2.05) is 42.5 Å². The van der Waals surface area contributed by atoms with Crippen molar-refractivity contribution >= 4 is 27.8 Å². The molecule has 186 valence electrons. The van der Waals surface area contributed by atoms with E-state index in [9.17, 15) is 4.79 Å². The highest BCUT2D eigenvalue weighted by atomic mass is 16.3. The standard InChI is InChI=1S/C30H34N4O2/c35-30(32-28-23-18-34(19-24(23)28)15-14-33-12-6-1-2-7-13-33)26-17-22-25(31-26)11-10-21-16-27(36-29(21)22)20-8-4-3-5-9-20/h3-5,8-11,16-17,23-24,28,31H,1-2,6-7,12-15,18-19H2,(H,32,35)/t23-,24+,28?. The van der Waals surface area contributed by atoms with E-state index < -0.39 is 0 Å². The highest BCUT2D eigenvalue weighted by Gasteiger charge is 2.56. The maximum absolute atomic E-state index is 13.1. The molecule has 6 heteroatoms. The molecule has 4 heterocycles. The molecule has 1 aliphatic carbocycles. The lowest BCUT2D eigenvalue weighted by Gasteiger charge is -2.25. The van der Waals surface area contributed by atoms with E-state index in [-0.39, 0.29) is 5.91 Å². The van der Waals surface area contributed by atoms with Gasteiger partial charge in [0.2, 0.25) is 0 Å². The summed E-state index contributed by atoms with van der Waals surface area (Å²) in [7, 11) is 0. The summed E-state index contributed by atoms with van der Waals surface area (Å²) in [5.74, 6) is 2.04. The van der Waals surface area contributed by atoms with Crippen LogP contribution in [0.5, 0.6) is 0 Å². The molecule has 2 aliphatic heterocycles. The zero-order chi connectivity index (χ0) is 24.1. The number of H-pyrrole nitrogens is 1. The molecule has 2 saturated heterocycles. The number of amides is 1. The van der Waals surface area contributed by atoms with Gasteiger partial charge in [-0.15, -0.1) is 0 Å². The number of hydrogen-bond donors (Lipinski definition) is 2. The van der Waals surface area contributed by atoms with Crippen LogP contribution in [0.4, 0.5) is 0 Å². The number of benzene rings is 2. The van der Waals surface area contributed by atoms with E-state index in [1.54, 1.807) is 0 Å². The van der Waals surface area contributed by atoms with Gasteiger partial charge in [-0.2, -0.15) is 0 Å². The van der Waals surface area contributed by atoms with Crippen molar-refractivity contribution in [2.75, 3.05) is 39.3 Å². The van der Waals surface area contributed by atoms with Crippen LogP contribution in [0.1, 0.15) is 36.2 Å². The molecule has 3 aliphatic rings. The fourth-order valence-corrected chi connectivity index (χ4v) is 6.45. The zero-order valence-electron chi connectivity index (χ0n) is 20.7. The van der Waals surface area contributed by atoms with E-state index in [2.05, 4.69) is 32.2 Å². The molecule has 0 radical (unpaired) electrons. The molecule has 2 aromatic heterocycles. The Morgan fingerprint density at radius 1 is 0.917 bits per heavy atom. The highest BCUT2D eigenvalue weighted by Crippen LogP contribution is 2.45. The second-order valence-corrected chi connectivity index (χ2v) is 10.9. The lowest BCUT2D eigenvalue weighted by atomic mass is 10.1. The predicted octanol–water partition coefficient (Wildman–Crippen LogP) is 5.12. The topological polar surface area (TPSA) is 64.5 Å². The summed E-state index contributed by atoms with van der Waals surface area (Å²) in [6, 6.07) is 18.5. The minimum Gasteiger partial charge on any atom is -0.455 e. The van der Waals surface area contributed by atoms with Crippen molar-refractivity contribution in [1.29, 1.82) is 0 Å². The molecule has 6 nitrogen and oxygen atoms in total. The van der Waals surface area contributed by atoms with Gasteiger partial charge in [-0.1, -0.05) is 43.2 Å². The molecule has 4 aromatic rings. The van der Waals surface area contributed by atoms with Gasteiger partial charge in [0.25, 0.3) is 5.91 Å². The Hall–Kier alpha value is -3.09. The number of piperidine rings is 1. The van der Waals surface area contributed by atoms with Crippen LogP contribution in [0.15, 0.2) is 59.0 Å². The van der Waals surface area contributed by atoms with Crippen LogP contribution in [0, 0.1) is 11.8 Å². The molecule has 1 saturated carbocycles. The Kier molecular flexibility index (Phi) is 5.59. The molecule has 2 N–H and O–H groups in total. The van der Waals surface area contributed by atoms with E-state index in [0.717, 1.165) is 46.3 Å². The van der Waals surface area contributed by atoms with Crippen molar-refractivity contribution < 1.29 is 9.21 Å². The smallest absolute Gasteiger partial charge is 0.267 e. The number of rotatable bonds is 6. The van der Waals surface area contributed by atoms with Crippen LogP contribution in [0.3, 0.4) is 0 Å². The number of carbonyl (C=O) groups is 1. The summed E-state index contributed by atoms with van der Waals surface area (Å²) in [5, 5.41) is 5.31. The summed E-state index contributed by atoms with van der Waals surface area (Å²) in [5.41, 5.74) is 3.41. The highest BCUT2D eigenvalue weighted by molar-refractivity contribution is 6.08. The number of carbonyl (C=O) groups excluding carboxylic acids is 1. The van der Waals surface area contributed by atoms with Gasteiger partial charge in [0.05, 0.1) is 0 Å². The molecule has 0 spiro atoms. The Morgan fingerprint density at radius 2 is 1.67 bits per heavy atom. The van der Waals surface area contributed by atoms with Crippen molar-refractivity contribution in [3.63, 3.8) is 0 Å². The first kappa shape index (κ1) is 22.1. The van der Waals surface area contributed by atoms with Crippen LogP contribution in [-0.2, 0) is 0 Å². The lowest BCUT2D eigenvalue weighted by molar-refractivity contribution is 0.0938. The minimum atomic E-state index is -0.00953. The lowest BCUT2D eigenvalue weighted by Crippen LogP contribution is -2.39. The first-order valence-electron chi connectivity index (χ1n) is 13.6. The molecular weight excluding hydrogens is 448 g/mol. The third kappa shape index (κ3) is 4.12. The average molecular weight is 483 g/mol. The third-order valence-electron chi connectivity index (χ3n) is 8.58. The van der Waals surface area contributed by atoms with Crippen LogP contribution in [0.25, 0.3) is 33.2 Å². The molecular formula is C30H34N4O2. The number of nitrogens with one attached hydrogen (secondary N) is 2. The summed E-state index contributed by atoms with van der Waals surface area (Å²) >= 11 is 0. The van der Waals surface area contributed by atoms with E-state index in [4.69, 9.17) is 4.42 Å². The summed E-state index contributed by atoms with van der Waals surface area (Å²) in [6.07, 6.45) is 5.49. The van der Waals surface area contributed by atoms with E-state index in [1.165, 1.54) is 51.9 Å². The van der Waals surface area contributed by atoms with E-state index in [0.29, 0.717) is 23.6 Å². The monoisotopic (exact) mass is 482 g/mol. The van der Waals surface area contributed by atoms with Gasteiger partial charge in [-0.05, 0) is 62.0 Å². The number of furan rings is 1. The van der Waals surface area contributed by atoms with Gasteiger partial charge in [0.15, 0.2) is 0 Å². The molecule has 7 rings (SSSR count). The second kappa shape index (κ2) is 9.09. The SMILES string of the molecule is O=C(NC1[C@H]2CN(CCN3CCCCCC3)C[C@@H]12)c1cc2c(ccc3cc(-c4ccccc4)oc32)[nH]1. The minimum absolute atomic E-state index is 0.00953. The molecule has 0 bridgehead atoms. The van der Waals surface area contributed by atoms with Crippen LogP contribution in [-0.4, -0.2) is 66.0 Å². The summed E-state index contributed by atoms with van der Waals surface area (Å²) < 4.78 is 6.24. The summed E-state index contributed by atoms with van der Waals surface area (Å²) in [4.78, 5) is 21.7. The quantitative estimate of drug-likeness (QED) is 0.401.